The second-order valence-corrected chi connectivity index (χ2v) is 13.8. The molecule has 13 heteroatoms. The molecule has 0 radical (unpaired) electrons. The second kappa shape index (κ2) is 10.5. The summed E-state index contributed by atoms with van der Waals surface area (Å²) in [5.41, 5.74) is -7.62. The van der Waals surface area contributed by atoms with Gasteiger partial charge in [-0.15, -0.1) is 0 Å². The second-order valence-electron chi connectivity index (χ2n) is 11.6. The molecule has 3 aliphatic rings. The smallest absolute Gasteiger partial charge is 0.340 e. The molecule has 1 aliphatic heterocycles. The minimum Gasteiger partial charge on any atom is -0.340 e. The van der Waals surface area contributed by atoms with Gasteiger partial charge in [0.2, 0.25) is 5.91 Å². The van der Waals surface area contributed by atoms with E-state index in [2.05, 4.69) is 0 Å². The number of benzene rings is 2. The van der Waals surface area contributed by atoms with Crippen molar-refractivity contribution in [2.75, 3.05) is 13.1 Å². The molecule has 230 valence electrons. The van der Waals surface area contributed by atoms with Crippen molar-refractivity contribution >= 4 is 15.7 Å². The van der Waals surface area contributed by atoms with E-state index in [0.717, 1.165) is 62.4 Å². The van der Waals surface area contributed by atoms with Crippen molar-refractivity contribution in [3.8, 4) is 0 Å². The number of carbonyl (C=O) groups excluding carboxylic acids is 1. The zero-order chi connectivity index (χ0) is 30.7. The van der Waals surface area contributed by atoms with Crippen LogP contribution in [-0.4, -0.2) is 44.7 Å². The predicted octanol–water partition coefficient (Wildman–Crippen LogP) is 7.16. The van der Waals surface area contributed by atoms with Crippen LogP contribution in [0, 0.1) is 17.7 Å². The molecule has 0 aromatic heterocycles. The molecule has 1 saturated carbocycles. The van der Waals surface area contributed by atoms with E-state index in [4.69, 9.17) is 0 Å². The summed E-state index contributed by atoms with van der Waals surface area (Å²) < 4.78 is 136. The number of nitrogens with zero attached hydrogens (tertiary/aromatic N) is 1. The monoisotopic (exact) mass is 623 g/mol. The fourth-order valence-corrected chi connectivity index (χ4v) is 9.36. The fourth-order valence-electron chi connectivity index (χ4n) is 7.00. The summed E-state index contributed by atoms with van der Waals surface area (Å²) >= 11 is 0. The van der Waals surface area contributed by atoms with E-state index in [9.17, 15) is 48.3 Å². The normalized spacial score (nSPS) is 23.9. The first-order valence-electron chi connectivity index (χ1n) is 13.8. The van der Waals surface area contributed by atoms with Gasteiger partial charge in [0.15, 0.2) is 9.84 Å². The largest absolute Gasteiger partial charge is 0.435 e. The lowest BCUT2D eigenvalue weighted by molar-refractivity contribution is -0.348. The highest BCUT2D eigenvalue weighted by Gasteiger charge is 2.73. The van der Waals surface area contributed by atoms with Crippen molar-refractivity contribution in [2.24, 2.45) is 11.8 Å². The molecule has 1 amide bonds. The van der Waals surface area contributed by atoms with Gasteiger partial charge in [0.1, 0.15) is 10.6 Å². The number of likely N-dealkylation sites (tertiary alicyclic amines) is 1. The van der Waals surface area contributed by atoms with E-state index >= 15 is 0 Å². The Morgan fingerprint density at radius 3 is 2.10 bits per heavy atom. The van der Waals surface area contributed by atoms with Crippen molar-refractivity contribution in [3.05, 3.63) is 65.0 Å². The molecule has 2 aromatic rings. The van der Waals surface area contributed by atoms with Gasteiger partial charge in [0, 0.05) is 31.0 Å². The lowest BCUT2D eigenvalue weighted by Crippen LogP contribution is -2.51. The van der Waals surface area contributed by atoms with Crippen LogP contribution in [0.3, 0.4) is 0 Å². The Morgan fingerprint density at radius 2 is 1.50 bits per heavy atom. The van der Waals surface area contributed by atoms with Gasteiger partial charge in [-0.25, -0.2) is 17.2 Å². The summed E-state index contributed by atoms with van der Waals surface area (Å²) in [4.78, 5) is 14.5. The summed E-state index contributed by atoms with van der Waals surface area (Å²) in [5, 5.41) is 0. The fraction of sp³-hybridized carbons (Fsp3) is 0.552. The molecule has 5 rings (SSSR count). The zero-order valence-corrected chi connectivity index (χ0v) is 23.2. The van der Waals surface area contributed by atoms with Crippen molar-refractivity contribution in [1.29, 1.82) is 0 Å². The van der Waals surface area contributed by atoms with Crippen LogP contribution in [-0.2, 0) is 31.5 Å². The minimum atomic E-state index is -6.33. The van der Waals surface area contributed by atoms with Crippen LogP contribution in [0.4, 0.5) is 35.1 Å². The Morgan fingerprint density at radius 1 is 0.881 bits per heavy atom. The predicted molar refractivity (Wildman–Crippen MR) is 136 cm³/mol. The summed E-state index contributed by atoms with van der Waals surface area (Å²) in [5.74, 6) is -1.61. The van der Waals surface area contributed by atoms with Gasteiger partial charge in [0.25, 0.3) is 0 Å². The van der Waals surface area contributed by atoms with Gasteiger partial charge in [0.05, 0.1) is 4.90 Å². The number of rotatable bonds is 5. The van der Waals surface area contributed by atoms with Crippen LogP contribution in [0.5, 0.6) is 0 Å². The van der Waals surface area contributed by atoms with Gasteiger partial charge < -0.3 is 4.90 Å². The van der Waals surface area contributed by atoms with Crippen molar-refractivity contribution < 1.29 is 48.3 Å². The molecule has 0 bridgehead atoms. The van der Waals surface area contributed by atoms with Crippen molar-refractivity contribution in [1.82, 2.24) is 4.90 Å². The first kappa shape index (κ1) is 30.7. The van der Waals surface area contributed by atoms with Gasteiger partial charge in [-0.1, -0.05) is 37.5 Å². The maximum absolute atomic E-state index is 14.9. The minimum absolute atomic E-state index is 0.0153. The third kappa shape index (κ3) is 4.79. The molecule has 2 unspecified atom stereocenters. The van der Waals surface area contributed by atoms with E-state index in [0.29, 0.717) is 12.1 Å². The molecule has 1 heterocycles. The Hall–Kier alpha value is -2.70. The van der Waals surface area contributed by atoms with Crippen LogP contribution < -0.4 is 0 Å². The van der Waals surface area contributed by atoms with Crippen LogP contribution >= 0.6 is 0 Å². The van der Waals surface area contributed by atoms with Gasteiger partial charge >= 0.3 is 18.0 Å². The molecule has 2 fully saturated rings. The van der Waals surface area contributed by atoms with Crippen LogP contribution in [0.25, 0.3) is 0 Å². The van der Waals surface area contributed by atoms with Crippen LogP contribution in [0.15, 0.2) is 47.4 Å². The summed E-state index contributed by atoms with van der Waals surface area (Å²) in [7, 11) is -4.49. The summed E-state index contributed by atoms with van der Waals surface area (Å²) in [6.07, 6.45) is -7.82. The molecular formula is C29H29F8NO3S. The zero-order valence-electron chi connectivity index (χ0n) is 22.4. The number of fused-ring (bicyclic) bond motifs is 3. The first-order chi connectivity index (χ1) is 19.5. The van der Waals surface area contributed by atoms with Crippen molar-refractivity contribution in [2.45, 2.75) is 79.0 Å². The van der Waals surface area contributed by atoms with Crippen LogP contribution in [0.1, 0.15) is 61.6 Å². The quantitative estimate of drug-likeness (QED) is 0.263. The molecule has 0 N–H and O–H groups in total. The number of amides is 1. The first-order valence-corrected chi connectivity index (χ1v) is 15.2. The molecule has 42 heavy (non-hydrogen) atoms. The van der Waals surface area contributed by atoms with Crippen molar-refractivity contribution in [3.63, 3.8) is 0 Å². The molecule has 2 aromatic carbocycles. The molecule has 1 saturated heterocycles. The van der Waals surface area contributed by atoms with E-state index in [1.165, 1.54) is 4.90 Å². The van der Waals surface area contributed by atoms with Crippen LogP contribution in [0.2, 0.25) is 0 Å². The topological polar surface area (TPSA) is 54.5 Å². The lowest BCUT2D eigenvalue weighted by atomic mass is 9.75. The Labute approximate surface area is 238 Å². The van der Waals surface area contributed by atoms with Gasteiger partial charge in [-0.2, -0.15) is 26.3 Å². The SMILES string of the molecule is O=C(CC1CCCCC1)N1CC2CCc3cc(C(F)(C(F)(F)F)C(F)(F)F)ccc3C2(S(=O)(=O)c2ccc(F)cc2)C1. The number of hydrogen-bond donors (Lipinski definition) is 0. The average Bonchev–Trinajstić information content (AvgIpc) is 3.34. The Kier molecular flexibility index (Phi) is 7.67. The molecule has 2 atom stereocenters. The number of sulfone groups is 1. The summed E-state index contributed by atoms with van der Waals surface area (Å²) in [6, 6.07) is 5.51. The number of hydrogen-bond acceptors (Lipinski definition) is 3. The Bertz CT molecular complexity index is 1430. The number of carbonyl (C=O) groups is 1. The van der Waals surface area contributed by atoms with Gasteiger partial charge in [-0.05, 0) is 67.0 Å². The molecular weight excluding hydrogens is 594 g/mol. The highest BCUT2D eigenvalue weighted by atomic mass is 32.2. The number of aryl methyl sites for hydroxylation is 1. The third-order valence-electron chi connectivity index (χ3n) is 9.17. The summed E-state index contributed by atoms with van der Waals surface area (Å²) in [6.45, 7) is -0.361. The molecule has 2 aliphatic carbocycles. The third-order valence-corrected chi connectivity index (χ3v) is 11.7. The standard InChI is InChI=1S/C29H29F8NO3S/c30-22-9-11-23(12-10-22)42(40,41)26-17-38(25(39)14-18-4-2-1-3-5-18)16-21(26)7-6-19-15-20(8-13-24(19)26)27(31,28(32,33)34)29(35,36)37/h8-13,15,18,21H,1-7,14,16-17H2. The van der Waals surface area contributed by atoms with E-state index in [1.54, 1.807) is 0 Å². The highest BCUT2D eigenvalue weighted by molar-refractivity contribution is 7.92. The average molecular weight is 624 g/mol. The Balaban J connectivity index is 1.63. The van der Waals surface area contributed by atoms with E-state index in [-0.39, 0.29) is 60.2 Å². The lowest BCUT2D eigenvalue weighted by Gasteiger charge is -2.40. The van der Waals surface area contributed by atoms with Gasteiger partial charge in [-0.3, -0.25) is 4.79 Å². The number of halogens is 8. The number of alkyl halides is 7. The maximum Gasteiger partial charge on any atom is 0.435 e. The maximum atomic E-state index is 14.9. The molecule has 0 spiro atoms. The highest BCUT2D eigenvalue weighted by Crippen LogP contribution is 2.56. The van der Waals surface area contributed by atoms with E-state index in [1.807, 2.05) is 0 Å². The van der Waals surface area contributed by atoms with E-state index < -0.39 is 49.9 Å². The molecule has 4 nitrogen and oxygen atoms in total.